The van der Waals surface area contributed by atoms with Crippen molar-refractivity contribution in [2.45, 2.75) is 32.4 Å². The highest BCUT2D eigenvalue weighted by Crippen LogP contribution is 2.19. The molecule has 1 aliphatic rings. The van der Waals surface area contributed by atoms with Crippen LogP contribution < -0.4 is 5.32 Å². The third kappa shape index (κ3) is 3.12. The van der Waals surface area contributed by atoms with Crippen molar-refractivity contribution in [3.63, 3.8) is 0 Å². The summed E-state index contributed by atoms with van der Waals surface area (Å²) in [5, 5.41) is 8.08. The average molecular weight is 321 g/mol. The maximum Gasteiger partial charge on any atom is 0.157 e. The quantitative estimate of drug-likeness (QED) is 0.785. The van der Waals surface area contributed by atoms with Crippen LogP contribution in [0.1, 0.15) is 24.6 Å². The second kappa shape index (κ2) is 6.61. The van der Waals surface area contributed by atoms with Crippen molar-refractivity contribution in [1.82, 2.24) is 19.5 Å². The minimum Gasteiger partial charge on any atom is -0.366 e. The molecule has 2 aromatic heterocycles. The van der Waals surface area contributed by atoms with E-state index in [1.807, 2.05) is 16.8 Å². The van der Waals surface area contributed by atoms with Crippen molar-refractivity contribution in [3.8, 4) is 0 Å². The molecule has 1 fully saturated rings. The number of aromatic nitrogens is 3. The Bertz CT molecular complexity index is 811. The van der Waals surface area contributed by atoms with E-state index in [1.165, 1.54) is 5.56 Å². The summed E-state index contributed by atoms with van der Waals surface area (Å²) in [7, 11) is 0. The van der Waals surface area contributed by atoms with Crippen LogP contribution in [-0.2, 0) is 13.0 Å². The first-order valence-electron chi connectivity index (χ1n) is 8.68. The minimum atomic E-state index is 0.452. The Labute approximate surface area is 142 Å². The molecule has 24 heavy (non-hydrogen) atoms. The summed E-state index contributed by atoms with van der Waals surface area (Å²) in [4.78, 5) is 7.12. The highest BCUT2D eigenvalue weighted by Gasteiger charge is 2.23. The van der Waals surface area contributed by atoms with Gasteiger partial charge < -0.3 is 5.32 Å². The van der Waals surface area contributed by atoms with Crippen LogP contribution in [0.15, 0.2) is 48.7 Å². The normalized spacial score (nSPS) is 18.3. The lowest BCUT2D eigenvalue weighted by Gasteiger charge is -2.18. The predicted octanol–water partition coefficient (Wildman–Crippen LogP) is 2.98. The van der Waals surface area contributed by atoms with E-state index in [0.29, 0.717) is 6.04 Å². The Morgan fingerprint density at radius 2 is 2.08 bits per heavy atom. The molecular weight excluding hydrogens is 298 g/mol. The van der Waals surface area contributed by atoms with E-state index in [0.717, 1.165) is 49.6 Å². The molecule has 3 aromatic rings. The van der Waals surface area contributed by atoms with Gasteiger partial charge in [-0.15, -0.1) is 0 Å². The molecule has 1 saturated heterocycles. The Hall–Kier alpha value is -2.40. The molecule has 0 aliphatic carbocycles. The van der Waals surface area contributed by atoms with Crippen LogP contribution in [0.2, 0.25) is 0 Å². The van der Waals surface area contributed by atoms with Crippen LogP contribution in [0.25, 0.3) is 5.65 Å². The summed E-state index contributed by atoms with van der Waals surface area (Å²) in [6.07, 6.45) is 3.89. The van der Waals surface area contributed by atoms with Crippen LogP contribution in [-0.4, -0.2) is 38.6 Å². The van der Waals surface area contributed by atoms with Crippen molar-refractivity contribution < 1.29 is 0 Å². The second-order valence-electron chi connectivity index (χ2n) is 6.44. The molecule has 4 rings (SSSR count). The molecule has 1 aromatic carbocycles. The smallest absolute Gasteiger partial charge is 0.157 e. The van der Waals surface area contributed by atoms with Gasteiger partial charge in [0.2, 0.25) is 0 Å². The molecule has 3 heterocycles. The van der Waals surface area contributed by atoms with Gasteiger partial charge in [-0.1, -0.05) is 37.3 Å². The highest BCUT2D eigenvalue weighted by molar-refractivity contribution is 5.49. The molecule has 0 radical (unpaired) electrons. The maximum atomic E-state index is 4.61. The molecule has 0 saturated carbocycles. The summed E-state index contributed by atoms with van der Waals surface area (Å²) in [5.74, 6) is 1.05. The molecule has 5 heteroatoms. The number of aryl methyl sites for hydroxylation is 1. The van der Waals surface area contributed by atoms with Gasteiger partial charge >= 0.3 is 0 Å². The van der Waals surface area contributed by atoms with Gasteiger partial charge in [-0.05, 0) is 18.4 Å². The molecule has 0 bridgehead atoms. The van der Waals surface area contributed by atoms with Crippen LogP contribution in [0.5, 0.6) is 0 Å². The number of rotatable bonds is 5. The molecule has 124 valence electrons. The zero-order valence-electron chi connectivity index (χ0n) is 14.0. The van der Waals surface area contributed by atoms with Crippen LogP contribution in [0.3, 0.4) is 0 Å². The monoisotopic (exact) mass is 321 g/mol. The van der Waals surface area contributed by atoms with Crippen LogP contribution in [0.4, 0.5) is 5.82 Å². The first-order valence-corrected chi connectivity index (χ1v) is 8.68. The fourth-order valence-electron chi connectivity index (χ4n) is 3.39. The Balaban J connectivity index is 1.46. The Morgan fingerprint density at radius 1 is 1.21 bits per heavy atom. The summed E-state index contributed by atoms with van der Waals surface area (Å²) in [5.41, 5.74) is 3.39. The van der Waals surface area contributed by atoms with Gasteiger partial charge in [0.1, 0.15) is 5.82 Å². The van der Waals surface area contributed by atoms with E-state index in [2.05, 4.69) is 63.6 Å². The summed E-state index contributed by atoms with van der Waals surface area (Å²) < 4.78 is 1.90. The molecule has 5 nitrogen and oxygen atoms in total. The van der Waals surface area contributed by atoms with Gasteiger partial charge in [0.25, 0.3) is 0 Å². The zero-order valence-corrected chi connectivity index (χ0v) is 14.0. The molecule has 1 N–H and O–H groups in total. The SMILES string of the molecule is CCc1cc(N[C@H]2CCN(Cc3ccccc3)C2)n2nccc2n1. The fraction of sp³-hybridized carbons (Fsp3) is 0.368. The van der Waals surface area contributed by atoms with Crippen LogP contribution in [0, 0.1) is 0 Å². The number of likely N-dealkylation sites (tertiary alicyclic amines) is 1. The van der Waals surface area contributed by atoms with E-state index in [4.69, 9.17) is 0 Å². The van der Waals surface area contributed by atoms with Gasteiger partial charge in [-0.3, -0.25) is 4.90 Å². The number of anilines is 1. The topological polar surface area (TPSA) is 45.5 Å². The summed E-state index contributed by atoms with van der Waals surface area (Å²) >= 11 is 0. The van der Waals surface area contributed by atoms with E-state index in [-0.39, 0.29) is 0 Å². The molecular formula is C19H23N5. The van der Waals surface area contributed by atoms with Crippen molar-refractivity contribution in [2.75, 3.05) is 18.4 Å². The van der Waals surface area contributed by atoms with Gasteiger partial charge in [0, 0.05) is 43.5 Å². The molecule has 0 amide bonds. The first-order chi connectivity index (χ1) is 11.8. The molecule has 1 atom stereocenters. The van der Waals surface area contributed by atoms with E-state index in [1.54, 1.807) is 0 Å². The molecule has 1 aliphatic heterocycles. The molecule has 0 unspecified atom stereocenters. The minimum absolute atomic E-state index is 0.452. The first kappa shape index (κ1) is 15.1. The van der Waals surface area contributed by atoms with Crippen molar-refractivity contribution in [3.05, 3.63) is 59.9 Å². The third-order valence-corrected chi connectivity index (χ3v) is 4.65. The van der Waals surface area contributed by atoms with E-state index in [9.17, 15) is 0 Å². The zero-order chi connectivity index (χ0) is 16.4. The largest absolute Gasteiger partial charge is 0.366 e. The lowest BCUT2D eigenvalue weighted by Crippen LogP contribution is -2.27. The Kier molecular flexibility index (Phi) is 4.17. The van der Waals surface area contributed by atoms with Crippen LogP contribution >= 0.6 is 0 Å². The van der Waals surface area contributed by atoms with E-state index < -0.39 is 0 Å². The number of nitrogens with zero attached hydrogens (tertiary/aromatic N) is 4. The Morgan fingerprint density at radius 3 is 2.92 bits per heavy atom. The second-order valence-corrected chi connectivity index (χ2v) is 6.44. The number of hydrogen-bond acceptors (Lipinski definition) is 4. The van der Waals surface area contributed by atoms with Gasteiger partial charge in [0.15, 0.2) is 5.65 Å². The van der Waals surface area contributed by atoms with Crippen molar-refractivity contribution in [2.24, 2.45) is 0 Å². The summed E-state index contributed by atoms with van der Waals surface area (Å²) in [6, 6.07) is 15.2. The fourth-order valence-corrected chi connectivity index (χ4v) is 3.39. The van der Waals surface area contributed by atoms with E-state index >= 15 is 0 Å². The standard InChI is InChI=1S/C19H23N5/c1-2-16-12-19(24-18(21-16)8-10-20-24)22-17-9-11-23(14-17)13-15-6-4-3-5-7-15/h3-8,10,12,17,22H,2,9,11,13-14H2,1H3/t17-/m0/s1. The maximum absolute atomic E-state index is 4.61. The third-order valence-electron chi connectivity index (χ3n) is 4.65. The number of fused-ring (bicyclic) bond motifs is 1. The van der Waals surface area contributed by atoms with Crippen molar-refractivity contribution >= 4 is 11.5 Å². The van der Waals surface area contributed by atoms with Gasteiger partial charge in [-0.25, -0.2) is 4.98 Å². The summed E-state index contributed by atoms with van der Waals surface area (Å²) in [6.45, 7) is 5.34. The number of nitrogens with one attached hydrogen (secondary N) is 1. The highest BCUT2D eigenvalue weighted by atomic mass is 15.3. The molecule has 0 spiro atoms. The lowest BCUT2D eigenvalue weighted by molar-refractivity contribution is 0.328. The number of benzene rings is 1. The number of hydrogen-bond donors (Lipinski definition) is 1. The predicted molar refractivity (Wildman–Crippen MR) is 96.1 cm³/mol. The van der Waals surface area contributed by atoms with Crippen molar-refractivity contribution in [1.29, 1.82) is 0 Å². The van der Waals surface area contributed by atoms with Gasteiger partial charge in [0.05, 0.1) is 6.20 Å². The van der Waals surface area contributed by atoms with Gasteiger partial charge in [-0.2, -0.15) is 9.61 Å². The lowest BCUT2D eigenvalue weighted by atomic mass is 10.2. The average Bonchev–Trinajstić information content (AvgIpc) is 3.25.